The maximum atomic E-state index is 14.0. The van der Waals surface area contributed by atoms with Gasteiger partial charge in [0.2, 0.25) is 17.6 Å². The molecule has 2 fully saturated rings. The van der Waals surface area contributed by atoms with E-state index in [9.17, 15) is 18.4 Å². The van der Waals surface area contributed by atoms with Crippen LogP contribution in [-0.4, -0.2) is 50.0 Å². The van der Waals surface area contributed by atoms with Gasteiger partial charge in [-0.3, -0.25) is 9.59 Å². The highest BCUT2D eigenvalue weighted by atomic mass is 19.2. The predicted molar refractivity (Wildman–Crippen MR) is 95.0 cm³/mol. The molecular formula is C19H25F2N3O3. The molecule has 0 aromatic heterocycles. The molecule has 0 saturated carbocycles. The van der Waals surface area contributed by atoms with E-state index in [-0.39, 0.29) is 41.5 Å². The van der Waals surface area contributed by atoms with Crippen molar-refractivity contribution in [2.75, 3.05) is 33.3 Å². The fourth-order valence-corrected chi connectivity index (χ4v) is 3.72. The van der Waals surface area contributed by atoms with E-state index in [1.807, 2.05) is 4.90 Å². The van der Waals surface area contributed by atoms with Crippen molar-refractivity contribution in [1.29, 1.82) is 0 Å². The highest BCUT2D eigenvalue weighted by Gasteiger charge is 2.34. The van der Waals surface area contributed by atoms with E-state index in [0.717, 1.165) is 25.9 Å². The van der Waals surface area contributed by atoms with Gasteiger partial charge in [-0.2, -0.15) is 4.39 Å². The number of hydrogen-bond acceptors (Lipinski definition) is 4. The largest absolute Gasteiger partial charge is 0.494 e. The number of amides is 2. The minimum Gasteiger partial charge on any atom is -0.494 e. The molecule has 27 heavy (non-hydrogen) atoms. The molecule has 0 bridgehead atoms. The van der Waals surface area contributed by atoms with Crippen LogP contribution in [0.4, 0.5) is 8.78 Å². The summed E-state index contributed by atoms with van der Waals surface area (Å²) in [5, 5.41) is 5.80. The Kier molecular flexibility index (Phi) is 6.26. The molecule has 2 aliphatic rings. The summed E-state index contributed by atoms with van der Waals surface area (Å²) in [5.41, 5.74) is 0.0510. The third kappa shape index (κ3) is 4.37. The zero-order chi connectivity index (χ0) is 19.4. The number of carbonyl (C=O) groups excluding carboxylic acids is 2. The SMILES string of the molecule is COc1ccc(CNC(=O)[C@@H]2CNC[C@@H](C(=O)N3CCCC3)C2)c(F)c1F. The molecule has 3 rings (SSSR count). The van der Waals surface area contributed by atoms with Crippen LogP contribution in [0.2, 0.25) is 0 Å². The molecule has 1 aromatic rings. The van der Waals surface area contributed by atoms with Crippen LogP contribution >= 0.6 is 0 Å². The Labute approximate surface area is 157 Å². The number of nitrogens with zero attached hydrogens (tertiary/aromatic N) is 1. The Bertz CT molecular complexity index is 708. The van der Waals surface area contributed by atoms with Crippen molar-refractivity contribution in [3.8, 4) is 5.75 Å². The van der Waals surface area contributed by atoms with Crippen LogP contribution in [0.1, 0.15) is 24.8 Å². The molecule has 0 radical (unpaired) electrons. The molecule has 2 aliphatic heterocycles. The van der Waals surface area contributed by atoms with Crippen LogP contribution in [0.15, 0.2) is 12.1 Å². The molecule has 0 aliphatic carbocycles. The number of rotatable bonds is 5. The average Bonchev–Trinajstić information content (AvgIpc) is 3.23. The first-order valence-electron chi connectivity index (χ1n) is 9.29. The van der Waals surface area contributed by atoms with E-state index in [2.05, 4.69) is 10.6 Å². The minimum absolute atomic E-state index is 0.0510. The summed E-state index contributed by atoms with van der Waals surface area (Å²) in [6.45, 7) is 2.49. The van der Waals surface area contributed by atoms with Crippen molar-refractivity contribution in [1.82, 2.24) is 15.5 Å². The fraction of sp³-hybridized carbons (Fsp3) is 0.579. The zero-order valence-electron chi connectivity index (χ0n) is 15.4. The summed E-state index contributed by atoms with van der Waals surface area (Å²) in [5.74, 6) is -3.04. The number of halogens is 2. The highest BCUT2D eigenvalue weighted by Crippen LogP contribution is 2.23. The lowest BCUT2D eigenvalue weighted by atomic mass is 9.89. The first-order valence-corrected chi connectivity index (χ1v) is 9.29. The van der Waals surface area contributed by atoms with Crippen LogP contribution < -0.4 is 15.4 Å². The van der Waals surface area contributed by atoms with Gasteiger partial charge in [-0.25, -0.2) is 4.39 Å². The number of benzene rings is 1. The van der Waals surface area contributed by atoms with Crippen molar-refractivity contribution in [2.24, 2.45) is 11.8 Å². The van der Waals surface area contributed by atoms with E-state index in [0.29, 0.717) is 19.5 Å². The Morgan fingerprint density at radius 1 is 1.19 bits per heavy atom. The normalized spacial score (nSPS) is 22.6. The molecular weight excluding hydrogens is 356 g/mol. The Morgan fingerprint density at radius 2 is 1.89 bits per heavy atom. The zero-order valence-corrected chi connectivity index (χ0v) is 15.4. The second kappa shape index (κ2) is 8.65. The molecule has 2 saturated heterocycles. The van der Waals surface area contributed by atoms with Gasteiger partial charge in [-0.1, -0.05) is 6.07 Å². The standard InChI is InChI=1S/C19H25F2N3O3/c1-27-15-5-4-12(16(20)17(15)21)11-23-18(25)13-8-14(10-22-9-13)19(26)24-6-2-3-7-24/h4-5,13-14,22H,2-3,6-11H2,1H3,(H,23,25)/t13-,14-/m0/s1. The van der Waals surface area contributed by atoms with Gasteiger partial charge in [0.25, 0.3) is 0 Å². The minimum atomic E-state index is -1.07. The van der Waals surface area contributed by atoms with Crippen LogP contribution in [0.5, 0.6) is 5.75 Å². The van der Waals surface area contributed by atoms with Gasteiger partial charge < -0.3 is 20.3 Å². The molecule has 2 atom stereocenters. The van der Waals surface area contributed by atoms with Gasteiger partial charge in [0.05, 0.1) is 18.9 Å². The fourth-order valence-electron chi connectivity index (χ4n) is 3.72. The van der Waals surface area contributed by atoms with Gasteiger partial charge in [-0.05, 0) is 25.3 Å². The van der Waals surface area contributed by atoms with Gasteiger partial charge in [0.1, 0.15) is 0 Å². The number of methoxy groups -OCH3 is 1. The Morgan fingerprint density at radius 3 is 2.59 bits per heavy atom. The number of nitrogens with one attached hydrogen (secondary N) is 2. The summed E-state index contributed by atoms with van der Waals surface area (Å²) >= 11 is 0. The number of hydrogen-bond donors (Lipinski definition) is 2. The number of likely N-dealkylation sites (tertiary alicyclic amines) is 1. The lowest BCUT2D eigenvalue weighted by Gasteiger charge is -2.31. The van der Waals surface area contributed by atoms with Gasteiger partial charge in [0, 0.05) is 38.3 Å². The number of ether oxygens (including phenoxy) is 1. The Balaban J connectivity index is 1.56. The summed E-state index contributed by atoms with van der Waals surface area (Å²) < 4.78 is 32.5. The van der Waals surface area contributed by atoms with E-state index in [4.69, 9.17) is 4.74 Å². The van der Waals surface area contributed by atoms with Crippen molar-refractivity contribution in [2.45, 2.75) is 25.8 Å². The molecule has 0 spiro atoms. The van der Waals surface area contributed by atoms with E-state index < -0.39 is 11.6 Å². The van der Waals surface area contributed by atoms with Crippen molar-refractivity contribution in [3.05, 3.63) is 29.3 Å². The van der Waals surface area contributed by atoms with Gasteiger partial charge in [-0.15, -0.1) is 0 Å². The quantitative estimate of drug-likeness (QED) is 0.810. The molecule has 148 valence electrons. The molecule has 6 nitrogen and oxygen atoms in total. The van der Waals surface area contributed by atoms with Crippen LogP contribution in [0.3, 0.4) is 0 Å². The first kappa shape index (κ1) is 19.5. The molecule has 2 amide bonds. The topological polar surface area (TPSA) is 70.7 Å². The monoisotopic (exact) mass is 381 g/mol. The molecule has 8 heteroatoms. The van der Waals surface area contributed by atoms with E-state index in [1.54, 1.807) is 0 Å². The maximum absolute atomic E-state index is 14.0. The molecule has 0 unspecified atom stereocenters. The van der Waals surface area contributed by atoms with E-state index in [1.165, 1.54) is 19.2 Å². The molecule has 1 aromatic carbocycles. The van der Waals surface area contributed by atoms with Crippen molar-refractivity contribution >= 4 is 11.8 Å². The van der Waals surface area contributed by atoms with Crippen LogP contribution in [0.25, 0.3) is 0 Å². The summed E-state index contributed by atoms with van der Waals surface area (Å²) in [6.07, 6.45) is 2.52. The van der Waals surface area contributed by atoms with Crippen molar-refractivity contribution in [3.63, 3.8) is 0 Å². The maximum Gasteiger partial charge on any atom is 0.226 e. The van der Waals surface area contributed by atoms with Gasteiger partial charge in [0.15, 0.2) is 11.6 Å². The second-order valence-corrected chi connectivity index (χ2v) is 7.09. The first-order chi connectivity index (χ1) is 13.0. The average molecular weight is 381 g/mol. The third-order valence-electron chi connectivity index (χ3n) is 5.29. The number of piperidine rings is 1. The lowest BCUT2D eigenvalue weighted by molar-refractivity contribution is -0.136. The lowest BCUT2D eigenvalue weighted by Crippen LogP contribution is -2.48. The molecule has 2 N–H and O–H groups in total. The van der Waals surface area contributed by atoms with Gasteiger partial charge >= 0.3 is 0 Å². The van der Waals surface area contributed by atoms with Crippen LogP contribution in [0, 0.1) is 23.5 Å². The number of carbonyl (C=O) groups is 2. The predicted octanol–water partition coefficient (Wildman–Crippen LogP) is 1.44. The summed E-state index contributed by atoms with van der Waals surface area (Å²) in [6, 6.07) is 2.71. The smallest absolute Gasteiger partial charge is 0.226 e. The highest BCUT2D eigenvalue weighted by molar-refractivity contribution is 5.83. The summed E-state index contributed by atoms with van der Waals surface area (Å²) in [7, 11) is 1.26. The van der Waals surface area contributed by atoms with E-state index >= 15 is 0 Å². The van der Waals surface area contributed by atoms with Crippen LogP contribution in [-0.2, 0) is 16.1 Å². The molecule has 2 heterocycles. The third-order valence-corrected chi connectivity index (χ3v) is 5.29. The second-order valence-electron chi connectivity index (χ2n) is 7.09. The summed E-state index contributed by atoms with van der Waals surface area (Å²) in [4.78, 5) is 26.9. The van der Waals surface area contributed by atoms with Crippen molar-refractivity contribution < 1.29 is 23.1 Å². The Hall–Kier alpha value is -2.22.